The van der Waals surface area contributed by atoms with Crippen LogP contribution < -0.4 is 5.32 Å². The van der Waals surface area contributed by atoms with Crippen LogP contribution >= 0.6 is 28.7 Å². The minimum atomic E-state index is 0. The minimum Gasteiger partial charge on any atom is -0.352 e. The number of hydrogen-bond acceptors (Lipinski definition) is 5. The first-order valence-electron chi connectivity index (χ1n) is 7.50. The Balaban J connectivity index is 0.00000208. The summed E-state index contributed by atoms with van der Waals surface area (Å²) >= 11 is 1.70. The van der Waals surface area contributed by atoms with Gasteiger partial charge in [0.1, 0.15) is 0 Å². The molecule has 1 N–H and O–H groups in total. The van der Waals surface area contributed by atoms with Crippen LogP contribution in [0.4, 0.5) is 0 Å². The monoisotopic (exact) mass is 402 g/mol. The molecule has 0 radical (unpaired) electrons. The van der Waals surface area contributed by atoms with E-state index in [4.69, 9.17) is 5.26 Å². The van der Waals surface area contributed by atoms with Gasteiger partial charge in [-0.15, -0.1) is 17.0 Å². The summed E-state index contributed by atoms with van der Waals surface area (Å²) in [6.07, 6.45) is 0. The molecule has 4 nitrogen and oxygen atoms in total. The summed E-state index contributed by atoms with van der Waals surface area (Å²) < 4.78 is 0. The van der Waals surface area contributed by atoms with Gasteiger partial charge in [-0.2, -0.15) is 5.26 Å². The standard InChI is InChI=1S/C18H18N4S.BrH/c19-10-15-6-8-17(9-7-15)12-23-18-20-13-22(14-21-18)11-16-4-2-1-3-5-16;/h1-9H,11-14H2,(H,20,21);1H. The van der Waals surface area contributed by atoms with Crippen LogP contribution in [0.1, 0.15) is 16.7 Å². The Labute approximate surface area is 157 Å². The molecule has 2 aromatic carbocycles. The van der Waals surface area contributed by atoms with Gasteiger partial charge in [-0.1, -0.05) is 54.2 Å². The van der Waals surface area contributed by atoms with E-state index in [1.54, 1.807) is 11.8 Å². The third-order valence-corrected chi connectivity index (χ3v) is 4.60. The molecule has 0 saturated carbocycles. The maximum atomic E-state index is 8.80. The molecule has 6 heteroatoms. The average Bonchev–Trinajstić information content (AvgIpc) is 2.62. The Hall–Kier alpha value is -1.81. The zero-order chi connectivity index (χ0) is 15.9. The Kier molecular flexibility index (Phi) is 7.32. The highest BCUT2D eigenvalue weighted by molar-refractivity contribution is 8.93. The predicted molar refractivity (Wildman–Crippen MR) is 105 cm³/mol. The molecule has 0 saturated heterocycles. The fourth-order valence-corrected chi connectivity index (χ4v) is 3.13. The first-order chi connectivity index (χ1) is 11.3. The molecule has 1 aliphatic heterocycles. The number of nitrogens with one attached hydrogen (secondary N) is 1. The van der Waals surface area contributed by atoms with E-state index in [-0.39, 0.29) is 17.0 Å². The molecule has 0 aliphatic carbocycles. The first-order valence-corrected chi connectivity index (χ1v) is 8.48. The van der Waals surface area contributed by atoms with Gasteiger partial charge in [0.25, 0.3) is 0 Å². The van der Waals surface area contributed by atoms with E-state index in [9.17, 15) is 0 Å². The van der Waals surface area contributed by atoms with Crippen LogP contribution in [0, 0.1) is 11.3 Å². The normalized spacial score (nSPS) is 14.0. The summed E-state index contributed by atoms with van der Waals surface area (Å²) in [6.45, 7) is 2.44. The molecular formula is C18H19BrN4S. The third-order valence-electron chi connectivity index (χ3n) is 3.58. The summed E-state index contributed by atoms with van der Waals surface area (Å²) in [4.78, 5) is 6.86. The molecule has 124 valence electrons. The number of nitriles is 1. The molecule has 3 rings (SSSR count). The Morgan fingerprint density at radius 2 is 1.83 bits per heavy atom. The number of thioether (sulfide) groups is 1. The zero-order valence-electron chi connectivity index (χ0n) is 13.2. The van der Waals surface area contributed by atoms with Crippen molar-refractivity contribution in [3.63, 3.8) is 0 Å². The number of aliphatic imine (C=N–C) groups is 1. The van der Waals surface area contributed by atoms with Crippen molar-refractivity contribution in [2.24, 2.45) is 4.99 Å². The maximum absolute atomic E-state index is 8.80. The Bertz CT molecular complexity index is 710. The predicted octanol–water partition coefficient (Wildman–Crippen LogP) is 3.75. The van der Waals surface area contributed by atoms with E-state index in [1.165, 1.54) is 11.1 Å². The highest BCUT2D eigenvalue weighted by Crippen LogP contribution is 2.16. The van der Waals surface area contributed by atoms with Gasteiger partial charge >= 0.3 is 0 Å². The zero-order valence-corrected chi connectivity index (χ0v) is 15.7. The van der Waals surface area contributed by atoms with Gasteiger partial charge in [0.05, 0.1) is 25.0 Å². The lowest BCUT2D eigenvalue weighted by Crippen LogP contribution is -2.41. The third kappa shape index (κ3) is 5.38. The molecule has 1 aliphatic rings. The van der Waals surface area contributed by atoms with Crippen LogP contribution in [0.2, 0.25) is 0 Å². The molecule has 0 unspecified atom stereocenters. The molecule has 0 fully saturated rings. The van der Waals surface area contributed by atoms with Crippen molar-refractivity contribution in [2.45, 2.75) is 12.3 Å². The van der Waals surface area contributed by atoms with E-state index in [0.717, 1.165) is 30.8 Å². The van der Waals surface area contributed by atoms with Crippen LogP contribution in [-0.2, 0) is 12.3 Å². The molecule has 2 aromatic rings. The van der Waals surface area contributed by atoms with Gasteiger partial charge in [0.15, 0.2) is 5.17 Å². The molecule has 0 bridgehead atoms. The van der Waals surface area contributed by atoms with E-state index in [0.29, 0.717) is 5.56 Å². The lowest BCUT2D eigenvalue weighted by atomic mass is 10.2. The van der Waals surface area contributed by atoms with Gasteiger partial charge in [-0.25, -0.2) is 4.99 Å². The Morgan fingerprint density at radius 3 is 2.46 bits per heavy atom. The smallest absolute Gasteiger partial charge is 0.159 e. The van der Waals surface area contributed by atoms with Crippen LogP contribution in [-0.4, -0.2) is 23.4 Å². The van der Waals surface area contributed by atoms with Crippen molar-refractivity contribution in [1.29, 1.82) is 5.26 Å². The number of hydrogen-bond donors (Lipinski definition) is 1. The summed E-state index contributed by atoms with van der Waals surface area (Å²) in [6, 6.07) is 20.3. The van der Waals surface area contributed by atoms with E-state index < -0.39 is 0 Å². The van der Waals surface area contributed by atoms with Crippen molar-refractivity contribution >= 4 is 33.9 Å². The fourth-order valence-electron chi connectivity index (χ4n) is 2.32. The first kappa shape index (κ1) is 18.5. The number of amidine groups is 1. The summed E-state index contributed by atoms with van der Waals surface area (Å²) in [5, 5.41) is 13.2. The fraction of sp³-hybridized carbons (Fsp3) is 0.222. The second kappa shape index (κ2) is 9.48. The SMILES string of the molecule is Br.N#Cc1ccc(CSC2=NCN(Cc3ccccc3)CN2)cc1. The molecule has 0 aromatic heterocycles. The van der Waals surface area contributed by atoms with Gasteiger partial charge in [0.2, 0.25) is 0 Å². The van der Waals surface area contributed by atoms with Gasteiger partial charge in [0, 0.05) is 12.3 Å². The highest BCUT2D eigenvalue weighted by Gasteiger charge is 2.12. The van der Waals surface area contributed by atoms with Crippen molar-refractivity contribution < 1.29 is 0 Å². The highest BCUT2D eigenvalue weighted by atomic mass is 79.9. The summed E-state index contributed by atoms with van der Waals surface area (Å²) in [5.41, 5.74) is 3.20. The van der Waals surface area contributed by atoms with E-state index in [2.05, 4.69) is 45.5 Å². The molecule has 1 heterocycles. The van der Waals surface area contributed by atoms with Crippen molar-refractivity contribution in [1.82, 2.24) is 10.2 Å². The summed E-state index contributed by atoms with van der Waals surface area (Å²) in [7, 11) is 0. The van der Waals surface area contributed by atoms with Crippen molar-refractivity contribution in [2.75, 3.05) is 13.3 Å². The molecule has 0 atom stereocenters. The number of nitrogens with zero attached hydrogens (tertiary/aromatic N) is 3. The lowest BCUT2D eigenvalue weighted by Gasteiger charge is -2.26. The van der Waals surface area contributed by atoms with Crippen LogP contribution in [0.5, 0.6) is 0 Å². The maximum Gasteiger partial charge on any atom is 0.159 e. The van der Waals surface area contributed by atoms with Gasteiger partial charge < -0.3 is 5.32 Å². The van der Waals surface area contributed by atoms with Crippen molar-refractivity contribution in [3.8, 4) is 6.07 Å². The number of rotatable bonds is 4. The second-order valence-electron chi connectivity index (χ2n) is 5.35. The number of benzene rings is 2. The Morgan fingerprint density at radius 1 is 1.08 bits per heavy atom. The molecule has 0 spiro atoms. The lowest BCUT2D eigenvalue weighted by molar-refractivity contribution is 0.258. The van der Waals surface area contributed by atoms with Gasteiger partial charge in [-0.3, -0.25) is 4.90 Å². The number of halogens is 1. The largest absolute Gasteiger partial charge is 0.352 e. The molecular weight excluding hydrogens is 384 g/mol. The van der Waals surface area contributed by atoms with E-state index >= 15 is 0 Å². The van der Waals surface area contributed by atoms with Crippen molar-refractivity contribution in [3.05, 3.63) is 71.3 Å². The molecule has 0 amide bonds. The second-order valence-corrected chi connectivity index (χ2v) is 6.32. The van der Waals surface area contributed by atoms with Gasteiger partial charge in [-0.05, 0) is 23.3 Å². The van der Waals surface area contributed by atoms with Crippen LogP contribution in [0.15, 0.2) is 59.6 Å². The van der Waals surface area contributed by atoms with Crippen LogP contribution in [0.3, 0.4) is 0 Å². The summed E-state index contributed by atoms with van der Waals surface area (Å²) in [5.74, 6) is 0.857. The molecule has 24 heavy (non-hydrogen) atoms. The quantitative estimate of drug-likeness (QED) is 0.845. The average molecular weight is 403 g/mol. The van der Waals surface area contributed by atoms with Crippen LogP contribution in [0.25, 0.3) is 0 Å². The topological polar surface area (TPSA) is 51.4 Å². The minimum absolute atomic E-state index is 0. The van der Waals surface area contributed by atoms with E-state index in [1.807, 2.05) is 30.3 Å².